The molecule has 1 aromatic carbocycles. The van der Waals surface area contributed by atoms with Crippen LogP contribution in [0.5, 0.6) is 0 Å². The van der Waals surface area contributed by atoms with Gasteiger partial charge in [-0.15, -0.1) is 0 Å². The molecule has 0 aliphatic rings. The Labute approximate surface area is 132 Å². The third-order valence-corrected chi connectivity index (χ3v) is 4.02. The van der Waals surface area contributed by atoms with Crippen LogP contribution in [-0.4, -0.2) is 19.5 Å². The lowest BCUT2D eigenvalue weighted by Gasteiger charge is -2.09. The minimum Gasteiger partial charge on any atom is -0.444 e. The number of rotatable bonds is 4. The zero-order valence-electron chi connectivity index (χ0n) is 11.6. The van der Waals surface area contributed by atoms with E-state index in [-0.39, 0.29) is 17.3 Å². The average Bonchev–Trinajstić information content (AvgIpc) is 2.47. The van der Waals surface area contributed by atoms with Gasteiger partial charge in [0.05, 0.1) is 0 Å². The Bertz CT molecular complexity index is 779. The van der Waals surface area contributed by atoms with Crippen LogP contribution < -0.4 is 5.32 Å². The SMILES string of the molecule is Cc1cnc(NC(=O)OCc2ccccc2)c(S(=O)(=O)Cl)c1. The second-order valence-electron chi connectivity index (χ2n) is 4.48. The molecule has 0 saturated heterocycles. The number of halogens is 1. The molecule has 0 radical (unpaired) electrons. The van der Waals surface area contributed by atoms with Crippen LogP contribution in [-0.2, 0) is 20.4 Å². The van der Waals surface area contributed by atoms with Crippen molar-refractivity contribution in [3.05, 3.63) is 53.7 Å². The minimum atomic E-state index is -4.03. The highest BCUT2D eigenvalue weighted by molar-refractivity contribution is 8.13. The van der Waals surface area contributed by atoms with Crippen LogP contribution in [0.3, 0.4) is 0 Å². The molecule has 0 spiro atoms. The molecule has 0 aliphatic heterocycles. The number of hydrogen-bond donors (Lipinski definition) is 1. The molecule has 6 nitrogen and oxygen atoms in total. The van der Waals surface area contributed by atoms with Gasteiger partial charge < -0.3 is 4.74 Å². The van der Waals surface area contributed by atoms with Crippen LogP contribution in [0, 0.1) is 6.92 Å². The summed E-state index contributed by atoms with van der Waals surface area (Å²) in [5.74, 6) is -0.168. The van der Waals surface area contributed by atoms with Crippen LogP contribution in [0.4, 0.5) is 10.6 Å². The van der Waals surface area contributed by atoms with Gasteiger partial charge in [0, 0.05) is 16.9 Å². The van der Waals surface area contributed by atoms with Gasteiger partial charge in [-0.05, 0) is 24.1 Å². The van der Waals surface area contributed by atoms with Gasteiger partial charge in [0.25, 0.3) is 9.05 Å². The van der Waals surface area contributed by atoms with E-state index in [0.717, 1.165) is 5.56 Å². The summed E-state index contributed by atoms with van der Waals surface area (Å²) in [6.07, 6.45) is 0.597. The van der Waals surface area contributed by atoms with Crippen LogP contribution in [0.25, 0.3) is 0 Å². The molecule has 0 saturated carbocycles. The van der Waals surface area contributed by atoms with E-state index in [1.165, 1.54) is 12.3 Å². The molecule has 0 bridgehead atoms. The first kappa shape index (κ1) is 16.3. The van der Waals surface area contributed by atoms with Gasteiger partial charge in [0.1, 0.15) is 11.5 Å². The largest absolute Gasteiger partial charge is 0.444 e. The molecule has 1 N–H and O–H groups in total. The zero-order valence-corrected chi connectivity index (χ0v) is 13.2. The number of amides is 1. The zero-order chi connectivity index (χ0) is 16.2. The molecule has 1 aromatic heterocycles. The summed E-state index contributed by atoms with van der Waals surface area (Å²) in [5.41, 5.74) is 1.40. The second-order valence-corrected chi connectivity index (χ2v) is 7.02. The van der Waals surface area contributed by atoms with Crippen molar-refractivity contribution in [2.45, 2.75) is 18.4 Å². The number of carbonyl (C=O) groups is 1. The van der Waals surface area contributed by atoms with Crippen molar-refractivity contribution in [3.63, 3.8) is 0 Å². The summed E-state index contributed by atoms with van der Waals surface area (Å²) in [6, 6.07) is 10.4. The lowest BCUT2D eigenvalue weighted by atomic mass is 10.2. The Morgan fingerprint density at radius 3 is 2.64 bits per heavy atom. The smallest absolute Gasteiger partial charge is 0.413 e. The maximum absolute atomic E-state index is 11.7. The number of pyridine rings is 1. The fourth-order valence-corrected chi connectivity index (χ4v) is 2.69. The number of hydrogen-bond acceptors (Lipinski definition) is 5. The Morgan fingerprint density at radius 1 is 1.32 bits per heavy atom. The molecule has 1 amide bonds. The number of nitrogens with one attached hydrogen (secondary N) is 1. The topological polar surface area (TPSA) is 85.4 Å². The third kappa shape index (κ3) is 4.44. The predicted molar refractivity (Wildman–Crippen MR) is 82.3 cm³/mol. The van der Waals surface area contributed by atoms with Gasteiger partial charge in [0.2, 0.25) is 0 Å². The van der Waals surface area contributed by atoms with E-state index in [2.05, 4.69) is 10.3 Å². The maximum atomic E-state index is 11.7. The molecule has 2 rings (SSSR count). The number of aromatic nitrogens is 1. The molecule has 0 aliphatic carbocycles. The van der Waals surface area contributed by atoms with Gasteiger partial charge in [-0.25, -0.2) is 18.2 Å². The minimum absolute atomic E-state index is 0.0570. The number of anilines is 1. The van der Waals surface area contributed by atoms with Gasteiger partial charge >= 0.3 is 6.09 Å². The van der Waals surface area contributed by atoms with E-state index < -0.39 is 15.1 Å². The molecule has 0 atom stereocenters. The highest BCUT2D eigenvalue weighted by Crippen LogP contribution is 2.23. The molecular formula is C14H13ClN2O4S. The Morgan fingerprint density at radius 2 is 2.00 bits per heavy atom. The molecule has 22 heavy (non-hydrogen) atoms. The average molecular weight is 341 g/mol. The van der Waals surface area contributed by atoms with Gasteiger partial charge in [-0.2, -0.15) is 0 Å². The summed E-state index contributed by atoms with van der Waals surface area (Å²) in [4.78, 5) is 15.3. The highest BCUT2D eigenvalue weighted by atomic mass is 35.7. The van der Waals surface area contributed by atoms with Crippen LogP contribution in [0.1, 0.15) is 11.1 Å². The Hall–Kier alpha value is -2.12. The van der Waals surface area contributed by atoms with E-state index in [4.69, 9.17) is 15.4 Å². The first-order valence-electron chi connectivity index (χ1n) is 6.25. The number of ether oxygens (including phenoxy) is 1. The van der Waals surface area contributed by atoms with E-state index in [1.807, 2.05) is 18.2 Å². The standard InChI is InChI=1S/C14H13ClN2O4S/c1-10-7-12(22(15,19)20)13(16-8-10)17-14(18)21-9-11-5-3-2-4-6-11/h2-8H,9H2,1H3,(H,16,17,18). The Kier molecular flexibility index (Phi) is 4.99. The predicted octanol–water partition coefficient (Wildman–Crippen LogP) is 3.07. The molecule has 2 aromatic rings. The summed E-state index contributed by atoms with van der Waals surface area (Å²) >= 11 is 0. The number of benzene rings is 1. The third-order valence-electron chi connectivity index (χ3n) is 2.69. The second kappa shape index (κ2) is 6.76. The maximum Gasteiger partial charge on any atom is 0.413 e. The van der Waals surface area contributed by atoms with Crippen LogP contribution in [0.15, 0.2) is 47.5 Å². The molecular weight excluding hydrogens is 328 g/mol. The first-order valence-corrected chi connectivity index (χ1v) is 8.56. The molecule has 8 heteroatoms. The summed E-state index contributed by atoms with van der Waals surface area (Å²) in [5, 5.41) is 2.28. The van der Waals surface area contributed by atoms with Crippen molar-refractivity contribution < 1.29 is 17.9 Å². The van der Waals surface area contributed by atoms with E-state index in [1.54, 1.807) is 19.1 Å². The number of aryl methyl sites for hydroxylation is 1. The van der Waals surface area contributed by atoms with Crippen molar-refractivity contribution in [3.8, 4) is 0 Å². The van der Waals surface area contributed by atoms with Crippen molar-refractivity contribution in [2.75, 3.05) is 5.32 Å². The molecule has 1 heterocycles. The quantitative estimate of drug-likeness (QED) is 0.864. The summed E-state index contributed by atoms with van der Waals surface area (Å²) in [7, 11) is 1.30. The van der Waals surface area contributed by atoms with E-state index >= 15 is 0 Å². The van der Waals surface area contributed by atoms with Crippen molar-refractivity contribution >= 4 is 31.6 Å². The van der Waals surface area contributed by atoms with E-state index in [0.29, 0.717) is 5.56 Å². The van der Waals surface area contributed by atoms with Crippen LogP contribution >= 0.6 is 10.7 Å². The van der Waals surface area contributed by atoms with Crippen LogP contribution in [0.2, 0.25) is 0 Å². The van der Waals surface area contributed by atoms with Gasteiger partial charge in [-0.1, -0.05) is 30.3 Å². The number of nitrogens with zero attached hydrogens (tertiary/aromatic N) is 1. The molecule has 0 unspecified atom stereocenters. The Balaban J connectivity index is 2.09. The van der Waals surface area contributed by atoms with Gasteiger partial charge in [-0.3, -0.25) is 5.32 Å². The van der Waals surface area contributed by atoms with Gasteiger partial charge in [0.15, 0.2) is 5.82 Å². The fraction of sp³-hybridized carbons (Fsp3) is 0.143. The molecule has 0 fully saturated rings. The van der Waals surface area contributed by atoms with Crippen molar-refractivity contribution in [1.29, 1.82) is 0 Å². The molecule has 116 valence electrons. The fourth-order valence-electron chi connectivity index (χ4n) is 1.68. The lowest BCUT2D eigenvalue weighted by molar-refractivity contribution is 0.155. The van der Waals surface area contributed by atoms with Crippen molar-refractivity contribution in [1.82, 2.24) is 4.98 Å². The van der Waals surface area contributed by atoms with Crippen molar-refractivity contribution in [2.24, 2.45) is 0 Å². The first-order chi connectivity index (χ1) is 10.4. The van der Waals surface area contributed by atoms with E-state index in [9.17, 15) is 13.2 Å². The summed E-state index contributed by atoms with van der Waals surface area (Å²) in [6.45, 7) is 1.72. The number of carbonyl (C=O) groups excluding carboxylic acids is 1. The monoisotopic (exact) mass is 340 g/mol. The highest BCUT2D eigenvalue weighted by Gasteiger charge is 2.19. The summed E-state index contributed by atoms with van der Waals surface area (Å²) < 4.78 is 28.0. The lowest BCUT2D eigenvalue weighted by Crippen LogP contribution is -2.16. The normalized spacial score (nSPS) is 11.0.